The second-order valence-corrected chi connectivity index (χ2v) is 5.10. The van der Waals surface area contributed by atoms with Crippen molar-refractivity contribution in [3.8, 4) is 0 Å². The lowest BCUT2D eigenvalue weighted by Gasteiger charge is -2.25. The molecule has 7 heteroatoms. The lowest BCUT2D eigenvalue weighted by Crippen LogP contribution is -2.41. The van der Waals surface area contributed by atoms with Crippen LogP contribution in [-0.4, -0.2) is 36.0 Å². The van der Waals surface area contributed by atoms with E-state index in [-0.39, 0.29) is 24.9 Å². The van der Waals surface area contributed by atoms with Crippen LogP contribution in [0.25, 0.3) is 0 Å². The van der Waals surface area contributed by atoms with Crippen LogP contribution < -0.4 is 5.11 Å². The summed E-state index contributed by atoms with van der Waals surface area (Å²) >= 11 is 0. The van der Waals surface area contributed by atoms with E-state index in [2.05, 4.69) is 0 Å². The third kappa shape index (κ3) is 3.96. The van der Waals surface area contributed by atoms with Crippen molar-refractivity contribution in [3.63, 3.8) is 0 Å². The molecule has 0 aliphatic carbocycles. The molecule has 1 heterocycles. The molecule has 1 amide bonds. The summed E-state index contributed by atoms with van der Waals surface area (Å²) in [5.41, 5.74) is 0.765. The first-order valence-corrected chi connectivity index (χ1v) is 6.40. The predicted octanol–water partition coefficient (Wildman–Crippen LogP) is 1.00. The quantitative estimate of drug-likeness (QED) is 0.837. The standard InChI is InChI=1S/C14H14F3NO3/c15-14(16,17)8-18-7-9(6-12(19)20)5-10-3-1-2-4-11(10)13(18)21/h1-4,9H,5-8H2,(H,19,20)/p-1. The molecule has 21 heavy (non-hydrogen) atoms. The number of halogens is 3. The normalized spacial score (nSPS) is 19.1. The van der Waals surface area contributed by atoms with Gasteiger partial charge in [-0.2, -0.15) is 13.2 Å². The highest BCUT2D eigenvalue weighted by atomic mass is 19.4. The fraction of sp³-hybridized carbons (Fsp3) is 0.429. The molecule has 1 aliphatic heterocycles. The monoisotopic (exact) mass is 300 g/mol. The van der Waals surface area contributed by atoms with Crippen molar-refractivity contribution in [1.29, 1.82) is 0 Å². The molecule has 0 saturated heterocycles. The van der Waals surface area contributed by atoms with Crippen LogP contribution in [0.4, 0.5) is 13.2 Å². The molecule has 0 bridgehead atoms. The molecule has 114 valence electrons. The Morgan fingerprint density at radius 2 is 2.00 bits per heavy atom. The highest BCUT2D eigenvalue weighted by Gasteiger charge is 2.36. The van der Waals surface area contributed by atoms with Crippen LogP contribution in [0.3, 0.4) is 0 Å². The maximum Gasteiger partial charge on any atom is 0.406 e. The van der Waals surface area contributed by atoms with Crippen LogP contribution in [0, 0.1) is 5.92 Å². The minimum Gasteiger partial charge on any atom is -0.550 e. The Balaban J connectivity index is 2.33. The fourth-order valence-electron chi connectivity index (χ4n) is 2.57. The van der Waals surface area contributed by atoms with Crippen LogP contribution >= 0.6 is 0 Å². The number of fused-ring (bicyclic) bond motifs is 1. The number of nitrogens with zero attached hydrogens (tertiary/aromatic N) is 1. The molecule has 1 atom stereocenters. The van der Waals surface area contributed by atoms with E-state index in [1.807, 2.05) is 0 Å². The number of hydrogen-bond acceptors (Lipinski definition) is 3. The summed E-state index contributed by atoms with van der Waals surface area (Å²) in [5.74, 6) is -2.65. The molecule has 1 aromatic rings. The van der Waals surface area contributed by atoms with Gasteiger partial charge in [0, 0.05) is 18.1 Å². The number of carboxylic acid groups (broad SMARTS) is 1. The molecule has 0 N–H and O–H groups in total. The van der Waals surface area contributed by atoms with E-state index in [4.69, 9.17) is 0 Å². The van der Waals surface area contributed by atoms with Crippen LogP contribution in [0.1, 0.15) is 22.3 Å². The highest BCUT2D eigenvalue weighted by molar-refractivity contribution is 5.96. The number of alkyl halides is 3. The molecule has 2 rings (SSSR count). The van der Waals surface area contributed by atoms with Crippen LogP contribution in [0.15, 0.2) is 24.3 Å². The minimum absolute atomic E-state index is 0.197. The lowest BCUT2D eigenvalue weighted by atomic mass is 9.95. The molecule has 0 radical (unpaired) electrons. The fourth-order valence-corrected chi connectivity index (χ4v) is 2.57. The van der Waals surface area contributed by atoms with Crippen molar-refractivity contribution in [1.82, 2.24) is 4.90 Å². The summed E-state index contributed by atoms with van der Waals surface area (Å²) in [6.07, 6.45) is -4.67. The number of benzene rings is 1. The molecule has 0 spiro atoms. The van der Waals surface area contributed by atoms with E-state index in [9.17, 15) is 27.9 Å². The van der Waals surface area contributed by atoms with E-state index in [1.54, 1.807) is 18.2 Å². The van der Waals surface area contributed by atoms with Gasteiger partial charge in [-0.25, -0.2) is 0 Å². The Morgan fingerprint density at radius 1 is 1.33 bits per heavy atom. The van der Waals surface area contributed by atoms with Gasteiger partial charge in [-0.15, -0.1) is 0 Å². The van der Waals surface area contributed by atoms with Crippen LogP contribution in [-0.2, 0) is 11.2 Å². The average molecular weight is 300 g/mol. The number of carbonyl (C=O) groups is 2. The minimum atomic E-state index is -4.53. The molecule has 0 aromatic heterocycles. The average Bonchev–Trinajstić information content (AvgIpc) is 2.46. The summed E-state index contributed by atoms with van der Waals surface area (Å²) < 4.78 is 37.8. The number of amides is 1. The molecular weight excluding hydrogens is 287 g/mol. The number of carboxylic acids is 1. The van der Waals surface area contributed by atoms with Crippen molar-refractivity contribution >= 4 is 11.9 Å². The first-order chi connectivity index (χ1) is 9.76. The first kappa shape index (κ1) is 15.3. The molecule has 1 unspecified atom stereocenters. The maximum absolute atomic E-state index is 12.6. The van der Waals surface area contributed by atoms with Gasteiger partial charge in [0.05, 0.1) is 0 Å². The number of hydrogen-bond donors (Lipinski definition) is 0. The van der Waals surface area contributed by atoms with Gasteiger partial charge in [-0.3, -0.25) is 4.79 Å². The predicted molar refractivity (Wildman–Crippen MR) is 65.2 cm³/mol. The van der Waals surface area contributed by atoms with Crippen LogP contribution in [0.5, 0.6) is 0 Å². The number of carbonyl (C=O) groups excluding carboxylic acids is 2. The Hall–Kier alpha value is -2.05. The van der Waals surface area contributed by atoms with Crippen molar-refractivity contribution < 1.29 is 27.9 Å². The van der Waals surface area contributed by atoms with Crippen LogP contribution in [0.2, 0.25) is 0 Å². The molecule has 4 nitrogen and oxygen atoms in total. The second-order valence-electron chi connectivity index (χ2n) is 5.10. The van der Waals surface area contributed by atoms with E-state index in [1.165, 1.54) is 6.07 Å². The molecule has 1 aromatic carbocycles. The highest BCUT2D eigenvalue weighted by Crippen LogP contribution is 2.26. The Kier molecular flexibility index (Phi) is 4.20. The first-order valence-electron chi connectivity index (χ1n) is 6.40. The maximum atomic E-state index is 12.6. The molecular formula is C14H13F3NO3-. The number of rotatable bonds is 3. The summed E-state index contributed by atoms with van der Waals surface area (Å²) in [7, 11) is 0. The topological polar surface area (TPSA) is 60.4 Å². The zero-order chi connectivity index (χ0) is 15.6. The van der Waals surface area contributed by atoms with E-state index < -0.39 is 30.5 Å². The van der Waals surface area contributed by atoms with Gasteiger partial charge in [0.25, 0.3) is 5.91 Å². The van der Waals surface area contributed by atoms with Gasteiger partial charge < -0.3 is 14.8 Å². The Bertz CT molecular complexity index is 557. The summed E-state index contributed by atoms with van der Waals surface area (Å²) in [4.78, 5) is 23.6. The van der Waals surface area contributed by atoms with Crippen molar-refractivity contribution in [3.05, 3.63) is 35.4 Å². The SMILES string of the molecule is O=C([O-])CC1Cc2ccccc2C(=O)N(CC(F)(F)F)C1. The van der Waals surface area contributed by atoms with Gasteiger partial charge in [0.15, 0.2) is 0 Å². The molecule has 0 fully saturated rings. The van der Waals surface area contributed by atoms with E-state index in [0.717, 1.165) is 0 Å². The lowest BCUT2D eigenvalue weighted by molar-refractivity contribution is -0.306. The van der Waals surface area contributed by atoms with E-state index in [0.29, 0.717) is 10.5 Å². The molecule has 1 aliphatic rings. The van der Waals surface area contributed by atoms with Gasteiger partial charge in [-0.1, -0.05) is 18.2 Å². The zero-order valence-corrected chi connectivity index (χ0v) is 11.0. The van der Waals surface area contributed by atoms with Gasteiger partial charge in [-0.05, 0) is 30.4 Å². The third-order valence-electron chi connectivity index (χ3n) is 3.35. The Labute approximate surface area is 119 Å². The largest absolute Gasteiger partial charge is 0.550 e. The van der Waals surface area contributed by atoms with Gasteiger partial charge >= 0.3 is 6.18 Å². The third-order valence-corrected chi connectivity index (χ3v) is 3.35. The van der Waals surface area contributed by atoms with Crippen molar-refractivity contribution in [2.45, 2.75) is 19.0 Å². The Morgan fingerprint density at radius 3 is 2.62 bits per heavy atom. The van der Waals surface area contributed by atoms with Gasteiger partial charge in [0.2, 0.25) is 0 Å². The number of aliphatic carboxylic acids is 1. The molecule has 0 saturated carbocycles. The van der Waals surface area contributed by atoms with Gasteiger partial charge in [0.1, 0.15) is 6.54 Å². The van der Waals surface area contributed by atoms with Crippen molar-refractivity contribution in [2.75, 3.05) is 13.1 Å². The summed E-state index contributed by atoms with van der Waals surface area (Å²) in [5, 5.41) is 10.7. The smallest absolute Gasteiger partial charge is 0.406 e. The second kappa shape index (κ2) is 5.75. The zero-order valence-electron chi connectivity index (χ0n) is 11.0. The van der Waals surface area contributed by atoms with Crippen molar-refractivity contribution in [2.24, 2.45) is 5.92 Å². The summed E-state index contributed by atoms with van der Waals surface area (Å²) in [6.45, 7) is -1.63. The summed E-state index contributed by atoms with van der Waals surface area (Å²) in [6, 6.07) is 6.33. The van der Waals surface area contributed by atoms with E-state index >= 15 is 0 Å².